The van der Waals surface area contributed by atoms with Gasteiger partial charge in [-0.3, -0.25) is 14.6 Å². The third-order valence-corrected chi connectivity index (χ3v) is 4.71. The predicted molar refractivity (Wildman–Crippen MR) is 111 cm³/mol. The third-order valence-electron chi connectivity index (χ3n) is 4.38. The van der Waals surface area contributed by atoms with Crippen molar-refractivity contribution in [2.24, 2.45) is 0 Å². The minimum absolute atomic E-state index is 0. The van der Waals surface area contributed by atoms with Crippen molar-refractivity contribution in [2.75, 3.05) is 43.8 Å². The molecule has 2 aromatic rings. The number of nitro groups is 1. The summed E-state index contributed by atoms with van der Waals surface area (Å²) < 4.78 is 0.510. The lowest BCUT2D eigenvalue weighted by Gasteiger charge is -2.30. The molecule has 0 amide bonds. The van der Waals surface area contributed by atoms with Crippen LogP contribution in [0.25, 0.3) is 0 Å². The van der Waals surface area contributed by atoms with Gasteiger partial charge in [0.15, 0.2) is 0 Å². The van der Waals surface area contributed by atoms with Crippen molar-refractivity contribution in [3.63, 3.8) is 0 Å². The van der Waals surface area contributed by atoms with Crippen LogP contribution in [0.4, 0.5) is 17.1 Å². The standard InChI is InChI=1S/C19H24Cl2N3O2.ClH/c1-24(2,15-16-5-3-4-6-19(16)23(25)26)18-9-7-17(8-10-18)22(13-11-20)14-12-21;/h3-10H,11-15H2,1-2H3;1H/q+1;/p-1. The largest absolute Gasteiger partial charge is 1.00 e. The molecular weight excluding hydrogens is 409 g/mol. The smallest absolute Gasteiger partial charge is 0.278 e. The van der Waals surface area contributed by atoms with Crippen molar-refractivity contribution in [1.29, 1.82) is 0 Å². The van der Waals surface area contributed by atoms with E-state index in [9.17, 15) is 10.1 Å². The van der Waals surface area contributed by atoms with Crippen molar-refractivity contribution >= 4 is 40.3 Å². The van der Waals surface area contributed by atoms with Crippen molar-refractivity contribution in [2.45, 2.75) is 6.54 Å². The van der Waals surface area contributed by atoms with E-state index >= 15 is 0 Å². The highest BCUT2D eigenvalue weighted by Crippen LogP contribution is 2.28. The molecule has 8 heteroatoms. The Balaban J connectivity index is 0.00000364. The molecule has 2 aromatic carbocycles. The molecule has 0 aromatic heterocycles. The molecule has 0 radical (unpaired) electrons. The van der Waals surface area contributed by atoms with Gasteiger partial charge in [0.05, 0.1) is 24.6 Å². The van der Waals surface area contributed by atoms with Crippen LogP contribution in [0.3, 0.4) is 0 Å². The summed E-state index contributed by atoms with van der Waals surface area (Å²) >= 11 is 11.7. The fourth-order valence-electron chi connectivity index (χ4n) is 2.98. The second kappa shape index (κ2) is 10.7. The molecular formula is C19H24Cl3N3O2. The first-order chi connectivity index (χ1) is 12.4. The molecule has 0 unspecified atom stereocenters. The van der Waals surface area contributed by atoms with E-state index in [-0.39, 0.29) is 23.0 Å². The summed E-state index contributed by atoms with van der Waals surface area (Å²) in [6.45, 7) is 2.01. The number of quaternary nitrogens is 1. The van der Waals surface area contributed by atoms with Gasteiger partial charge in [-0.2, -0.15) is 0 Å². The molecule has 0 fully saturated rings. The van der Waals surface area contributed by atoms with Gasteiger partial charge < -0.3 is 17.3 Å². The fourth-order valence-corrected chi connectivity index (χ4v) is 3.39. The van der Waals surface area contributed by atoms with E-state index < -0.39 is 0 Å². The Morgan fingerprint density at radius 1 is 1.00 bits per heavy atom. The molecule has 5 nitrogen and oxygen atoms in total. The number of benzene rings is 2. The monoisotopic (exact) mass is 431 g/mol. The average molecular weight is 433 g/mol. The number of nitrogens with zero attached hydrogens (tertiary/aromatic N) is 3. The zero-order chi connectivity index (χ0) is 19.2. The lowest BCUT2D eigenvalue weighted by molar-refractivity contribution is -0.385. The second-order valence-corrected chi connectivity index (χ2v) is 7.37. The van der Waals surface area contributed by atoms with E-state index in [0.717, 1.165) is 30.0 Å². The summed E-state index contributed by atoms with van der Waals surface area (Å²) in [6, 6.07) is 15.1. The van der Waals surface area contributed by atoms with E-state index in [4.69, 9.17) is 23.2 Å². The van der Waals surface area contributed by atoms with Crippen LogP contribution < -0.4 is 21.8 Å². The first-order valence-corrected chi connectivity index (χ1v) is 9.48. The molecule has 2 rings (SSSR count). The highest BCUT2D eigenvalue weighted by molar-refractivity contribution is 6.18. The third kappa shape index (κ3) is 6.25. The molecule has 0 saturated carbocycles. The predicted octanol–water partition coefficient (Wildman–Crippen LogP) is 1.65. The maximum absolute atomic E-state index is 11.3. The SMILES string of the molecule is C[N+](C)(Cc1ccccc1[N+](=O)[O-])c1ccc(N(CCCl)CCCl)cc1.[Cl-]. The van der Waals surface area contributed by atoms with Crippen LogP contribution in [0, 0.1) is 10.1 Å². The van der Waals surface area contributed by atoms with Crippen LogP contribution in [0.2, 0.25) is 0 Å². The van der Waals surface area contributed by atoms with Gasteiger partial charge in [-0.15, -0.1) is 23.2 Å². The molecule has 0 heterocycles. The molecule has 0 atom stereocenters. The van der Waals surface area contributed by atoms with Gasteiger partial charge in [-0.05, 0) is 18.2 Å². The Morgan fingerprint density at radius 2 is 1.56 bits per heavy atom. The summed E-state index contributed by atoms with van der Waals surface area (Å²) in [6.07, 6.45) is 0. The maximum Gasteiger partial charge on any atom is 0.278 e. The zero-order valence-corrected chi connectivity index (χ0v) is 17.7. The Morgan fingerprint density at radius 3 is 2.07 bits per heavy atom. The van der Waals surface area contributed by atoms with Gasteiger partial charge in [0, 0.05) is 48.7 Å². The van der Waals surface area contributed by atoms with Gasteiger partial charge in [-0.1, -0.05) is 12.1 Å². The topological polar surface area (TPSA) is 46.4 Å². The lowest BCUT2D eigenvalue weighted by atomic mass is 10.1. The van der Waals surface area contributed by atoms with Crippen molar-refractivity contribution < 1.29 is 17.3 Å². The Hall–Kier alpha value is -1.53. The van der Waals surface area contributed by atoms with Crippen LogP contribution in [0.1, 0.15) is 5.56 Å². The quantitative estimate of drug-likeness (QED) is 0.262. The maximum atomic E-state index is 11.3. The zero-order valence-electron chi connectivity index (χ0n) is 15.4. The van der Waals surface area contributed by atoms with E-state index in [1.165, 1.54) is 0 Å². The Labute approximate surface area is 176 Å². The number of hydrogen-bond acceptors (Lipinski definition) is 3. The van der Waals surface area contributed by atoms with Gasteiger partial charge in [0.2, 0.25) is 0 Å². The Kier molecular flexibility index (Phi) is 9.33. The second-order valence-electron chi connectivity index (χ2n) is 6.61. The molecule has 148 valence electrons. The van der Waals surface area contributed by atoms with Gasteiger partial charge in [0.1, 0.15) is 12.2 Å². The van der Waals surface area contributed by atoms with Crippen molar-refractivity contribution in [3.05, 3.63) is 64.2 Å². The number of anilines is 1. The lowest BCUT2D eigenvalue weighted by Crippen LogP contribution is -3.00. The van der Waals surface area contributed by atoms with E-state index in [2.05, 4.69) is 17.0 Å². The summed E-state index contributed by atoms with van der Waals surface area (Å²) in [5.74, 6) is 1.08. The van der Waals surface area contributed by atoms with E-state index in [0.29, 0.717) is 22.8 Å². The molecule has 0 bridgehead atoms. The number of para-hydroxylation sites is 1. The highest BCUT2D eigenvalue weighted by atomic mass is 35.5. The van der Waals surface area contributed by atoms with Gasteiger partial charge in [-0.25, -0.2) is 0 Å². The molecule has 0 spiro atoms. The molecule has 0 saturated heterocycles. The van der Waals surface area contributed by atoms with Crippen LogP contribution >= 0.6 is 23.2 Å². The minimum Gasteiger partial charge on any atom is -1.00 e. The fraction of sp³-hybridized carbons (Fsp3) is 0.368. The number of rotatable bonds is 9. The van der Waals surface area contributed by atoms with Crippen molar-refractivity contribution in [3.8, 4) is 0 Å². The number of alkyl halides is 2. The average Bonchev–Trinajstić information content (AvgIpc) is 2.61. The van der Waals surface area contributed by atoms with Crippen LogP contribution in [-0.4, -0.2) is 43.9 Å². The van der Waals surface area contributed by atoms with Gasteiger partial charge >= 0.3 is 0 Å². The first-order valence-electron chi connectivity index (χ1n) is 8.42. The molecule has 27 heavy (non-hydrogen) atoms. The molecule has 0 aliphatic rings. The van der Waals surface area contributed by atoms with E-state index in [1.807, 2.05) is 38.4 Å². The normalized spacial score (nSPS) is 11.0. The van der Waals surface area contributed by atoms with Gasteiger partial charge in [0.25, 0.3) is 5.69 Å². The minimum atomic E-state index is -0.325. The van der Waals surface area contributed by atoms with Crippen LogP contribution in [0.15, 0.2) is 48.5 Å². The summed E-state index contributed by atoms with van der Waals surface area (Å²) in [5.41, 5.74) is 3.02. The van der Waals surface area contributed by atoms with Crippen LogP contribution in [-0.2, 0) is 6.54 Å². The van der Waals surface area contributed by atoms with Crippen molar-refractivity contribution in [1.82, 2.24) is 4.48 Å². The first kappa shape index (κ1) is 23.5. The summed E-state index contributed by atoms with van der Waals surface area (Å²) in [7, 11) is 4.09. The number of nitro benzene ring substituents is 1. The number of halogens is 3. The Bertz CT molecular complexity index is 733. The number of hydrogen-bond donors (Lipinski definition) is 0. The molecule has 0 aliphatic heterocycles. The summed E-state index contributed by atoms with van der Waals surface area (Å²) in [4.78, 5) is 13.1. The van der Waals surface area contributed by atoms with Crippen LogP contribution in [0.5, 0.6) is 0 Å². The molecule has 0 aliphatic carbocycles. The molecule has 0 N–H and O–H groups in total. The summed E-state index contributed by atoms with van der Waals surface area (Å²) in [5, 5.41) is 11.3. The highest BCUT2D eigenvalue weighted by Gasteiger charge is 2.24. The van der Waals surface area contributed by atoms with E-state index in [1.54, 1.807) is 12.1 Å².